The standard InChI is InChI=1S/C26H22N2O4/c1-18(2)32-23-16-10-9-11-19(23)17-22-24(29)27(20-12-5-3-6-13-20)26(31)28(25(22)30)21-14-7-4-8-15-21/h3-18H,1-2H3. The van der Waals surface area contributed by atoms with Gasteiger partial charge in [0.05, 0.1) is 17.5 Å². The number of ether oxygens (including phenoxy) is 1. The van der Waals surface area contributed by atoms with Gasteiger partial charge in [0.1, 0.15) is 11.3 Å². The van der Waals surface area contributed by atoms with Crippen LogP contribution in [0, 0.1) is 0 Å². The quantitative estimate of drug-likeness (QED) is 0.423. The molecule has 0 unspecified atom stereocenters. The van der Waals surface area contributed by atoms with Crippen LogP contribution in [0.4, 0.5) is 16.2 Å². The summed E-state index contributed by atoms with van der Waals surface area (Å²) in [5.74, 6) is -0.819. The summed E-state index contributed by atoms with van der Waals surface area (Å²) in [7, 11) is 0. The Morgan fingerprint density at radius 1 is 0.688 bits per heavy atom. The van der Waals surface area contributed by atoms with Gasteiger partial charge in [-0.2, -0.15) is 0 Å². The first-order valence-corrected chi connectivity index (χ1v) is 10.3. The van der Waals surface area contributed by atoms with Gasteiger partial charge < -0.3 is 4.74 Å². The molecule has 3 aromatic carbocycles. The Hall–Kier alpha value is -4.19. The van der Waals surface area contributed by atoms with Crippen LogP contribution in [0.1, 0.15) is 19.4 Å². The summed E-state index contributed by atoms with van der Waals surface area (Å²) in [6.07, 6.45) is 1.40. The highest BCUT2D eigenvalue weighted by Gasteiger charge is 2.43. The van der Waals surface area contributed by atoms with Gasteiger partial charge in [-0.15, -0.1) is 0 Å². The molecule has 0 aliphatic carbocycles. The van der Waals surface area contributed by atoms with Crippen molar-refractivity contribution in [2.75, 3.05) is 9.80 Å². The molecule has 0 bridgehead atoms. The molecule has 0 radical (unpaired) electrons. The molecule has 1 aliphatic rings. The third-order valence-corrected chi connectivity index (χ3v) is 4.86. The minimum Gasteiger partial charge on any atom is -0.490 e. The fraction of sp³-hybridized carbons (Fsp3) is 0.115. The Balaban J connectivity index is 1.86. The Labute approximate surface area is 186 Å². The minimum absolute atomic E-state index is 0.0875. The number of anilines is 2. The smallest absolute Gasteiger partial charge is 0.343 e. The molecular formula is C26H22N2O4. The van der Waals surface area contributed by atoms with Crippen LogP contribution in [0.25, 0.3) is 6.08 Å². The predicted molar refractivity (Wildman–Crippen MR) is 123 cm³/mol. The van der Waals surface area contributed by atoms with Crippen molar-refractivity contribution in [2.24, 2.45) is 0 Å². The number of carbonyl (C=O) groups excluding carboxylic acids is 3. The van der Waals surface area contributed by atoms with Crippen LogP contribution in [0.3, 0.4) is 0 Å². The van der Waals surface area contributed by atoms with E-state index in [1.54, 1.807) is 78.9 Å². The zero-order chi connectivity index (χ0) is 22.7. The van der Waals surface area contributed by atoms with E-state index in [0.29, 0.717) is 22.7 Å². The number of barbiturate groups is 1. The average Bonchev–Trinajstić information content (AvgIpc) is 2.79. The molecular weight excluding hydrogens is 404 g/mol. The zero-order valence-electron chi connectivity index (χ0n) is 17.8. The summed E-state index contributed by atoms with van der Waals surface area (Å²) in [6, 6.07) is 23.6. The van der Waals surface area contributed by atoms with Crippen LogP contribution >= 0.6 is 0 Å². The topological polar surface area (TPSA) is 66.9 Å². The van der Waals surface area contributed by atoms with E-state index in [0.717, 1.165) is 9.80 Å². The van der Waals surface area contributed by atoms with Gasteiger partial charge in [-0.25, -0.2) is 14.6 Å². The van der Waals surface area contributed by atoms with Crippen LogP contribution in [0.2, 0.25) is 0 Å². The maximum Gasteiger partial charge on any atom is 0.343 e. The number of imide groups is 2. The lowest BCUT2D eigenvalue weighted by Gasteiger charge is -2.34. The molecule has 0 N–H and O–H groups in total. The molecule has 0 saturated carbocycles. The van der Waals surface area contributed by atoms with Crippen molar-refractivity contribution < 1.29 is 19.1 Å². The molecule has 32 heavy (non-hydrogen) atoms. The highest BCUT2D eigenvalue weighted by molar-refractivity contribution is 6.46. The van der Waals surface area contributed by atoms with E-state index in [1.807, 2.05) is 19.9 Å². The van der Waals surface area contributed by atoms with E-state index < -0.39 is 17.8 Å². The SMILES string of the molecule is CC(C)Oc1ccccc1C=C1C(=O)N(c2ccccc2)C(=O)N(c2ccccc2)C1=O. The molecule has 1 aliphatic heterocycles. The number of urea groups is 1. The van der Waals surface area contributed by atoms with E-state index in [4.69, 9.17) is 4.74 Å². The monoisotopic (exact) mass is 426 g/mol. The first kappa shape index (κ1) is 21.1. The number of rotatable bonds is 5. The highest BCUT2D eigenvalue weighted by Crippen LogP contribution is 2.31. The van der Waals surface area contributed by atoms with Crippen molar-refractivity contribution >= 4 is 35.3 Å². The molecule has 4 amide bonds. The maximum atomic E-state index is 13.4. The number of benzene rings is 3. The fourth-order valence-corrected chi connectivity index (χ4v) is 3.46. The molecule has 6 heteroatoms. The molecule has 4 rings (SSSR count). The molecule has 1 saturated heterocycles. The molecule has 160 valence electrons. The molecule has 0 aromatic heterocycles. The van der Waals surface area contributed by atoms with Crippen LogP contribution in [0.15, 0.2) is 90.5 Å². The van der Waals surface area contributed by atoms with E-state index in [1.165, 1.54) is 6.08 Å². The Morgan fingerprint density at radius 3 is 1.66 bits per heavy atom. The number of hydrogen-bond donors (Lipinski definition) is 0. The van der Waals surface area contributed by atoms with Crippen molar-refractivity contribution in [1.82, 2.24) is 0 Å². The van der Waals surface area contributed by atoms with Crippen molar-refractivity contribution in [3.05, 3.63) is 96.1 Å². The van der Waals surface area contributed by atoms with Crippen molar-refractivity contribution in [1.29, 1.82) is 0 Å². The normalized spacial score (nSPS) is 14.2. The van der Waals surface area contributed by atoms with E-state index in [9.17, 15) is 14.4 Å². The highest BCUT2D eigenvalue weighted by atomic mass is 16.5. The molecule has 6 nitrogen and oxygen atoms in total. The molecule has 3 aromatic rings. The summed E-state index contributed by atoms with van der Waals surface area (Å²) in [5, 5.41) is 0. The third-order valence-electron chi connectivity index (χ3n) is 4.86. The summed E-state index contributed by atoms with van der Waals surface area (Å²) in [4.78, 5) is 42.2. The van der Waals surface area contributed by atoms with Crippen molar-refractivity contribution in [3.8, 4) is 5.75 Å². The third kappa shape index (κ3) is 4.03. The minimum atomic E-state index is -0.721. The van der Waals surface area contributed by atoms with Gasteiger partial charge in [-0.05, 0) is 50.3 Å². The lowest BCUT2D eigenvalue weighted by molar-refractivity contribution is -0.121. The molecule has 1 fully saturated rings. The molecule has 1 heterocycles. The second-order valence-electron chi connectivity index (χ2n) is 7.50. The second kappa shape index (κ2) is 8.89. The summed E-state index contributed by atoms with van der Waals surface area (Å²) < 4.78 is 5.84. The lowest BCUT2D eigenvalue weighted by Crippen LogP contribution is -2.57. The lowest BCUT2D eigenvalue weighted by atomic mass is 10.0. The van der Waals surface area contributed by atoms with Gasteiger partial charge in [0, 0.05) is 5.56 Å². The van der Waals surface area contributed by atoms with Gasteiger partial charge in [0.15, 0.2) is 0 Å². The van der Waals surface area contributed by atoms with Gasteiger partial charge in [-0.1, -0.05) is 54.6 Å². The maximum absolute atomic E-state index is 13.4. The van der Waals surface area contributed by atoms with Crippen LogP contribution in [-0.2, 0) is 9.59 Å². The Kier molecular flexibility index (Phi) is 5.85. The summed E-state index contributed by atoms with van der Waals surface area (Å²) >= 11 is 0. The van der Waals surface area contributed by atoms with Crippen LogP contribution < -0.4 is 14.5 Å². The van der Waals surface area contributed by atoms with Gasteiger partial charge in [-0.3, -0.25) is 9.59 Å². The van der Waals surface area contributed by atoms with E-state index in [2.05, 4.69) is 0 Å². The number of nitrogens with zero attached hydrogens (tertiary/aromatic N) is 2. The number of hydrogen-bond acceptors (Lipinski definition) is 4. The average molecular weight is 426 g/mol. The first-order chi connectivity index (χ1) is 15.5. The number of para-hydroxylation sites is 3. The number of carbonyl (C=O) groups is 3. The largest absolute Gasteiger partial charge is 0.490 e. The Morgan fingerprint density at radius 2 is 1.16 bits per heavy atom. The number of amides is 4. The van der Waals surface area contributed by atoms with E-state index in [-0.39, 0.29) is 11.7 Å². The van der Waals surface area contributed by atoms with Gasteiger partial charge in [0.25, 0.3) is 11.8 Å². The van der Waals surface area contributed by atoms with Crippen molar-refractivity contribution in [2.45, 2.75) is 20.0 Å². The Bertz CT molecular complexity index is 1120. The summed E-state index contributed by atoms with van der Waals surface area (Å²) in [5.41, 5.74) is 1.22. The fourth-order valence-electron chi connectivity index (χ4n) is 3.46. The van der Waals surface area contributed by atoms with E-state index >= 15 is 0 Å². The van der Waals surface area contributed by atoms with Crippen LogP contribution in [-0.4, -0.2) is 23.9 Å². The van der Waals surface area contributed by atoms with Gasteiger partial charge in [0.2, 0.25) is 0 Å². The predicted octanol–water partition coefficient (Wildman–Crippen LogP) is 5.06. The molecule has 0 atom stereocenters. The first-order valence-electron chi connectivity index (χ1n) is 10.3. The van der Waals surface area contributed by atoms with Crippen molar-refractivity contribution in [3.63, 3.8) is 0 Å². The van der Waals surface area contributed by atoms with Gasteiger partial charge >= 0.3 is 6.03 Å². The zero-order valence-corrected chi connectivity index (χ0v) is 17.8. The van der Waals surface area contributed by atoms with Crippen LogP contribution in [0.5, 0.6) is 5.75 Å². The summed E-state index contributed by atoms with van der Waals surface area (Å²) in [6.45, 7) is 3.79. The molecule has 0 spiro atoms. The second-order valence-corrected chi connectivity index (χ2v) is 7.50.